The number of alkyl halides is 1. The van der Waals surface area contributed by atoms with Gasteiger partial charge in [0.25, 0.3) is 0 Å². The van der Waals surface area contributed by atoms with Crippen molar-refractivity contribution in [1.29, 1.82) is 0 Å². The number of nitrogens with zero attached hydrogens (tertiary/aromatic N) is 1. The van der Waals surface area contributed by atoms with Crippen LogP contribution in [0.15, 0.2) is 18.3 Å². The molecule has 0 spiro atoms. The van der Waals surface area contributed by atoms with Gasteiger partial charge in [-0.2, -0.15) is 0 Å². The van der Waals surface area contributed by atoms with Gasteiger partial charge in [-0.05, 0) is 31.4 Å². The summed E-state index contributed by atoms with van der Waals surface area (Å²) in [5, 5.41) is 3.39. The number of methoxy groups -OCH3 is 1. The lowest BCUT2D eigenvalue weighted by atomic mass is 10.1. The van der Waals surface area contributed by atoms with Gasteiger partial charge < -0.3 is 10.1 Å². The highest BCUT2D eigenvalue weighted by molar-refractivity contribution is 6.18. The molecule has 1 N–H and O–H groups in total. The summed E-state index contributed by atoms with van der Waals surface area (Å²) >= 11 is 5.76. The summed E-state index contributed by atoms with van der Waals surface area (Å²) in [6.07, 6.45) is 4.06. The third-order valence-electron chi connectivity index (χ3n) is 2.67. The first-order valence-electron chi connectivity index (χ1n) is 6.02. The minimum absolute atomic E-state index is 0.603. The van der Waals surface area contributed by atoms with Gasteiger partial charge in [0, 0.05) is 24.2 Å². The van der Waals surface area contributed by atoms with E-state index in [1.54, 1.807) is 13.3 Å². The van der Waals surface area contributed by atoms with Gasteiger partial charge in [0.05, 0.1) is 7.11 Å². The second kappa shape index (κ2) is 8.31. The van der Waals surface area contributed by atoms with Crippen LogP contribution in [0, 0.1) is 5.92 Å². The maximum absolute atomic E-state index is 5.76. The zero-order valence-electron chi connectivity index (χ0n) is 10.6. The minimum atomic E-state index is 0.603. The fourth-order valence-electron chi connectivity index (χ4n) is 1.62. The Morgan fingerprint density at radius 2 is 2.35 bits per heavy atom. The maximum Gasteiger partial charge on any atom is 0.217 e. The molecule has 0 aliphatic rings. The van der Waals surface area contributed by atoms with Crippen LogP contribution in [0.5, 0.6) is 5.88 Å². The molecule has 0 amide bonds. The highest BCUT2D eigenvalue weighted by atomic mass is 35.5. The Kier molecular flexibility index (Phi) is 6.97. The average Bonchev–Trinajstić information content (AvgIpc) is 2.38. The Morgan fingerprint density at radius 3 is 3.06 bits per heavy atom. The average molecular weight is 257 g/mol. The molecule has 0 bridgehead atoms. The zero-order chi connectivity index (χ0) is 12.5. The number of ether oxygens (including phenoxy) is 1. The predicted molar refractivity (Wildman–Crippen MR) is 71.6 cm³/mol. The van der Waals surface area contributed by atoms with E-state index in [4.69, 9.17) is 16.3 Å². The van der Waals surface area contributed by atoms with Crippen molar-refractivity contribution >= 4 is 11.6 Å². The Labute approximate surface area is 109 Å². The first-order chi connectivity index (χ1) is 8.27. The molecule has 17 heavy (non-hydrogen) atoms. The van der Waals surface area contributed by atoms with Crippen molar-refractivity contribution in [2.75, 3.05) is 19.5 Å². The van der Waals surface area contributed by atoms with Crippen molar-refractivity contribution in [3.8, 4) is 5.88 Å². The van der Waals surface area contributed by atoms with Crippen LogP contribution in [-0.4, -0.2) is 24.5 Å². The third kappa shape index (κ3) is 5.37. The molecule has 1 rings (SSSR count). The molecule has 1 aromatic heterocycles. The third-order valence-corrected chi connectivity index (χ3v) is 3.20. The molecule has 1 heterocycles. The summed E-state index contributed by atoms with van der Waals surface area (Å²) in [6, 6.07) is 3.95. The van der Waals surface area contributed by atoms with Crippen molar-refractivity contribution in [1.82, 2.24) is 10.3 Å². The summed E-state index contributed by atoms with van der Waals surface area (Å²) in [7, 11) is 1.65. The molecule has 0 saturated heterocycles. The Balaban J connectivity index is 2.22. The molecule has 3 nitrogen and oxygen atoms in total. The number of rotatable bonds is 8. The summed E-state index contributed by atoms with van der Waals surface area (Å²) < 4.78 is 5.19. The van der Waals surface area contributed by atoms with Crippen molar-refractivity contribution in [2.45, 2.75) is 26.3 Å². The number of hydrogen-bond acceptors (Lipinski definition) is 3. The summed E-state index contributed by atoms with van der Waals surface area (Å²) in [6.45, 7) is 3.97. The molecular formula is C13H21ClN2O. The molecule has 0 saturated carbocycles. The Bertz CT molecular complexity index is 320. The maximum atomic E-state index is 5.76. The van der Waals surface area contributed by atoms with Gasteiger partial charge in [-0.25, -0.2) is 4.98 Å². The van der Waals surface area contributed by atoms with Gasteiger partial charge in [-0.1, -0.05) is 13.0 Å². The van der Waals surface area contributed by atoms with Gasteiger partial charge in [0.1, 0.15) is 0 Å². The van der Waals surface area contributed by atoms with E-state index in [1.807, 2.05) is 12.1 Å². The lowest BCUT2D eigenvalue weighted by molar-refractivity contribution is 0.390. The molecule has 0 aliphatic heterocycles. The molecule has 1 aromatic rings. The van der Waals surface area contributed by atoms with Crippen molar-refractivity contribution in [2.24, 2.45) is 5.92 Å². The van der Waals surface area contributed by atoms with Gasteiger partial charge in [0.15, 0.2) is 0 Å². The molecule has 0 radical (unpaired) electrons. The van der Waals surface area contributed by atoms with Crippen molar-refractivity contribution in [3.05, 3.63) is 23.9 Å². The fourth-order valence-corrected chi connectivity index (χ4v) is 1.77. The van der Waals surface area contributed by atoms with E-state index < -0.39 is 0 Å². The van der Waals surface area contributed by atoms with Crippen molar-refractivity contribution < 1.29 is 4.74 Å². The number of halogens is 1. The van der Waals surface area contributed by atoms with Gasteiger partial charge in [-0.15, -0.1) is 11.6 Å². The van der Waals surface area contributed by atoms with Crippen molar-refractivity contribution in [3.63, 3.8) is 0 Å². The molecule has 1 unspecified atom stereocenters. The highest BCUT2D eigenvalue weighted by Gasteiger charge is 2.03. The normalized spacial score (nSPS) is 12.4. The summed E-state index contributed by atoms with van der Waals surface area (Å²) in [5.41, 5.74) is 1.10. The lowest BCUT2D eigenvalue weighted by Gasteiger charge is -2.09. The fraction of sp³-hybridized carbons (Fsp3) is 0.615. The molecule has 0 aromatic carbocycles. The van der Waals surface area contributed by atoms with Crippen LogP contribution in [0.3, 0.4) is 0 Å². The van der Waals surface area contributed by atoms with Crippen LogP contribution >= 0.6 is 11.6 Å². The number of aromatic nitrogens is 1. The number of nitrogens with one attached hydrogen (secondary N) is 1. The zero-order valence-corrected chi connectivity index (χ0v) is 11.3. The van der Waals surface area contributed by atoms with E-state index in [0.29, 0.717) is 11.8 Å². The Morgan fingerprint density at radius 1 is 1.53 bits per heavy atom. The van der Waals surface area contributed by atoms with E-state index in [1.165, 1.54) is 6.42 Å². The van der Waals surface area contributed by atoms with E-state index in [9.17, 15) is 0 Å². The SMILES string of the molecule is COc1ncccc1CNCCCC(C)CCl. The lowest BCUT2D eigenvalue weighted by Crippen LogP contribution is -2.16. The predicted octanol–water partition coefficient (Wildman–Crippen LogP) is 2.83. The van der Waals surface area contributed by atoms with Crippen LogP contribution in [0.2, 0.25) is 0 Å². The van der Waals surface area contributed by atoms with E-state index in [0.717, 1.165) is 31.0 Å². The molecule has 0 fully saturated rings. The van der Waals surface area contributed by atoms with Gasteiger partial charge in [-0.3, -0.25) is 0 Å². The topological polar surface area (TPSA) is 34.1 Å². The summed E-state index contributed by atoms with van der Waals surface area (Å²) in [4.78, 5) is 4.16. The van der Waals surface area contributed by atoms with Crippen LogP contribution in [0.25, 0.3) is 0 Å². The minimum Gasteiger partial charge on any atom is -0.481 e. The summed E-state index contributed by atoms with van der Waals surface area (Å²) in [5.74, 6) is 2.05. The smallest absolute Gasteiger partial charge is 0.217 e. The van der Waals surface area contributed by atoms with Crippen LogP contribution in [-0.2, 0) is 6.54 Å². The first-order valence-corrected chi connectivity index (χ1v) is 6.56. The van der Waals surface area contributed by atoms with Gasteiger partial charge in [0.2, 0.25) is 5.88 Å². The standard InChI is InChI=1S/C13H21ClN2O/c1-11(9-14)5-3-7-15-10-12-6-4-8-16-13(12)17-2/h4,6,8,11,15H,3,5,7,9-10H2,1-2H3. The van der Waals surface area contributed by atoms with E-state index >= 15 is 0 Å². The van der Waals surface area contributed by atoms with Crippen LogP contribution in [0.1, 0.15) is 25.3 Å². The molecule has 96 valence electrons. The highest BCUT2D eigenvalue weighted by Crippen LogP contribution is 2.13. The molecule has 1 atom stereocenters. The Hall–Kier alpha value is -0.800. The quantitative estimate of drug-likeness (QED) is 0.574. The second-order valence-electron chi connectivity index (χ2n) is 4.25. The van der Waals surface area contributed by atoms with Crippen LogP contribution in [0.4, 0.5) is 0 Å². The van der Waals surface area contributed by atoms with E-state index in [2.05, 4.69) is 17.2 Å². The van der Waals surface area contributed by atoms with E-state index in [-0.39, 0.29) is 0 Å². The first kappa shape index (κ1) is 14.3. The number of hydrogen-bond donors (Lipinski definition) is 1. The molecule has 0 aliphatic carbocycles. The van der Waals surface area contributed by atoms with Gasteiger partial charge >= 0.3 is 0 Å². The number of pyridine rings is 1. The second-order valence-corrected chi connectivity index (χ2v) is 4.56. The largest absolute Gasteiger partial charge is 0.481 e. The molecular weight excluding hydrogens is 236 g/mol. The monoisotopic (exact) mass is 256 g/mol. The molecule has 4 heteroatoms. The van der Waals surface area contributed by atoms with Crippen LogP contribution < -0.4 is 10.1 Å².